The Morgan fingerprint density at radius 3 is 2.35 bits per heavy atom. The van der Waals surface area contributed by atoms with Crippen molar-refractivity contribution in [2.24, 2.45) is 0 Å². The summed E-state index contributed by atoms with van der Waals surface area (Å²) in [4.78, 5) is 42.6. The van der Waals surface area contributed by atoms with Gasteiger partial charge in [0.05, 0.1) is 17.6 Å². The van der Waals surface area contributed by atoms with Crippen LogP contribution in [0.1, 0.15) is 53.7 Å². The van der Waals surface area contributed by atoms with E-state index in [1.807, 2.05) is 84.8 Å². The van der Waals surface area contributed by atoms with Gasteiger partial charge in [0.1, 0.15) is 5.69 Å². The molecule has 0 saturated carbocycles. The number of aromatic nitrogens is 4. The molecule has 2 aliphatic rings. The Hall–Kier alpha value is -6.15. The van der Waals surface area contributed by atoms with Gasteiger partial charge in [-0.1, -0.05) is 37.3 Å². The summed E-state index contributed by atoms with van der Waals surface area (Å²) < 4.78 is 33.5. The number of ketones is 1. The largest absolute Gasteiger partial charge is 0.470 e. The molecule has 0 bridgehead atoms. The number of Topliss-reactive ketones (excluding diaryl/α,β-unsaturated/α-hetero) is 1. The predicted molar refractivity (Wildman–Crippen MR) is 215 cm³/mol. The first kappa shape index (κ1) is 37.2. The number of rotatable bonds is 8. The molecule has 1 saturated heterocycles. The van der Waals surface area contributed by atoms with E-state index in [1.54, 1.807) is 41.2 Å². The van der Waals surface area contributed by atoms with E-state index in [4.69, 9.17) is 4.74 Å². The van der Waals surface area contributed by atoms with Crippen LogP contribution in [0.2, 0.25) is 0 Å². The molecule has 6 heterocycles. The van der Waals surface area contributed by atoms with E-state index in [2.05, 4.69) is 43.7 Å². The number of fused-ring (bicyclic) bond motifs is 4. The van der Waals surface area contributed by atoms with Crippen molar-refractivity contribution >= 4 is 49.8 Å². The molecule has 1 atom stereocenters. The molecule has 0 spiro atoms. The molecule has 1 amide bonds. The minimum atomic E-state index is -3.36. The highest BCUT2D eigenvalue weighted by Gasteiger charge is 2.45. The smallest absolute Gasteiger partial charge is 0.270 e. The molecule has 2 aliphatic heterocycles. The van der Waals surface area contributed by atoms with Crippen molar-refractivity contribution in [2.75, 3.05) is 47.4 Å². The first-order valence-corrected chi connectivity index (χ1v) is 20.1. The highest BCUT2D eigenvalue weighted by atomic mass is 32.2. The maximum absolute atomic E-state index is 13.3. The van der Waals surface area contributed by atoms with Crippen LogP contribution < -0.4 is 19.7 Å². The predicted octanol–water partition coefficient (Wildman–Crippen LogP) is 6.47. The van der Waals surface area contributed by atoms with Gasteiger partial charge >= 0.3 is 0 Å². The zero-order valence-corrected chi connectivity index (χ0v) is 32.0. The zero-order valence-electron chi connectivity index (χ0n) is 31.2. The Labute approximate surface area is 320 Å². The van der Waals surface area contributed by atoms with Crippen molar-refractivity contribution in [3.8, 4) is 11.6 Å². The first-order chi connectivity index (χ1) is 26.5. The summed E-state index contributed by atoms with van der Waals surface area (Å²) in [6.07, 6.45) is 6.98. The Balaban J connectivity index is 0.000000178. The number of hydrogen-bond donors (Lipinski definition) is 3. The molecule has 3 N–H and O–H groups in total. The van der Waals surface area contributed by atoms with Crippen molar-refractivity contribution in [3.05, 3.63) is 127 Å². The second-order valence-electron chi connectivity index (χ2n) is 13.9. The molecule has 0 unspecified atom stereocenters. The van der Waals surface area contributed by atoms with Crippen LogP contribution in [0, 0.1) is 0 Å². The minimum absolute atomic E-state index is 0.0470. The second kappa shape index (κ2) is 15.3. The normalized spacial score (nSPS) is 16.7. The highest BCUT2D eigenvalue weighted by molar-refractivity contribution is 7.92. The summed E-state index contributed by atoms with van der Waals surface area (Å²) in [6, 6.07) is 28.2. The van der Waals surface area contributed by atoms with Crippen molar-refractivity contribution in [1.29, 1.82) is 0 Å². The van der Waals surface area contributed by atoms with Gasteiger partial charge in [-0.05, 0) is 80.9 Å². The fourth-order valence-electron chi connectivity index (χ4n) is 7.06. The standard InChI is InChI=1S/C22H28N6O3S.C19H16N2O2/c1-15(2)24-19-5-4-8-23-21(19)27-9-11-28(12-10-27)22(29)20-14-16-13-17(26-32(3,30)31)6-7-18(16)25-20;1-2-19(14-8-4-3-5-9-14)17(22)15-10-7-13-21(15)18-16(23-19)11-6-12-20-18/h4-8,13-15,24-26H,9-12H2,1-3H3;3-13H,2H2,1H3/t;19-/m.1/s1. The van der Waals surface area contributed by atoms with E-state index < -0.39 is 15.6 Å². The lowest BCUT2D eigenvalue weighted by molar-refractivity contribution is 0.0423. The average Bonchev–Trinajstić information content (AvgIpc) is 3.82. The Morgan fingerprint density at radius 1 is 0.909 bits per heavy atom. The van der Waals surface area contributed by atoms with Gasteiger partial charge in [0.15, 0.2) is 23.0 Å². The number of sulfonamides is 1. The van der Waals surface area contributed by atoms with Gasteiger partial charge in [0.2, 0.25) is 15.8 Å². The maximum Gasteiger partial charge on any atom is 0.270 e. The fraction of sp³-hybridized carbons (Fsp3) is 0.268. The molecule has 4 aromatic heterocycles. The Kier molecular flexibility index (Phi) is 10.3. The van der Waals surface area contributed by atoms with E-state index in [-0.39, 0.29) is 11.7 Å². The summed E-state index contributed by atoms with van der Waals surface area (Å²) >= 11 is 0. The van der Waals surface area contributed by atoms with Crippen LogP contribution in [0.15, 0.2) is 110 Å². The second-order valence-corrected chi connectivity index (χ2v) is 15.6. The number of hydrogen-bond acceptors (Lipinski definition) is 9. The molecule has 2 aromatic carbocycles. The number of ether oxygens (including phenoxy) is 1. The topological polar surface area (TPSA) is 155 Å². The number of nitrogens with zero attached hydrogens (tertiary/aromatic N) is 5. The maximum atomic E-state index is 13.3. The van der Waals surface area contributed by atoms with Crippen molar-refractivity contribution in [3.63, 3.8) is 0 Å². The zero-order chi connectivity index (χ0) is 38.7. The number of nitrogens with one attached hydrogen (secondary N) is 3. The van der Waals surface area contributed by atoms with Gasteiger partial charge in [0.25, 0.3) is 5.91 Å². The van der Waals surface area contributed by atoms with Crippen LogP contribution in [0.5, 0.6) is 5.75 Å². The van der Waals surface area contributed by atoms with E-state index >= 15 is 0 Å². The third-order valence-electron chi connectivity index (χ3n) is 9.60. The summed E-state index contributed by atoms with van der Waals surface area (Å²) in [5.41, 5.74) is 3.15. The summed E-state index contributed by atoms with van der Waals surface area (Å²) in [7, 11) is -3.36. The quantitative estimate of drug-likeness (QED) is 0.158. The SMILES string of the molecule is CC(C)Nc1cccnc1N1CCN(C(=O)c2cc3cc(NS(C)(=O)=O)ccc3[nH]2)CC1.CC[C@]1(c2ccccc2)Oc2cccnc2-n2cccc2C1=O. The molecule has 284 valence electrons. The van der Waals surface area contributed by atoms with Crippen molar-refractivity contribution in [1.82, 2.24) is 24.4 Å². The molecule has 14 heteroatoms. The third kappa shape index (κ3) is 7.76. The summed E-state index contributed by atoms with van der Waals surface area (Å²) in [5.74, 6) is 2.05. The van der Waals surface area contributed by atoms with Gasteiger partial charge < -0.3 is 24.8 Å². The lowest BCUT2D eigenvalue weighted by Crippen LogP contribution is -2.49. The molecule has 6 aromatic rings. The highest BCUT2D eigenvalue weighted by Crippen LogP contribution is 2.40. The molecular weight excluding hydrogens is 717 g/mol. The van der Waals surface area contributed by atoms with Gasteiger partial charge in [-0.2, -0.15) is 0 Å². The van der Waals surface area contributed by atoms with Gasteiger partial charge in [0, 0.05) is 73.0 Å². The van der Waals surface area contributed by atoms with Crippen LogP contribution >= 0.6 is 0 Å². The molecule has 55 heavy (non-hydrogen) atoms. The molecular formula is C41H44N8O5S. The van der Waals surface area contributed by atoms with Gasteiger partial charge in [-0.15, -0.1) is 0 Å². The van der Waals surface area contributed by atoms with Crippen molar-refractivity contribution in [2.45, 2.75) is 38.8 Å². The third-order valence-corrected chi connectivity index (χ3v) is 10.2. The Morgan fingerprint density at radius 2 is 1.64 bits per heavy atom. The summed E-state index contributed by atoms with van der Waals surface area (Å²) in [6.45, 7) is 8.72. The number of amides is 1. The minimum Gasteiger partial charge on any atom is -0.470 e. The fourth-order valence-corrected chi connectivity index (χ4v) is 7.61. The van der Waals surface area contributed by atoms with Crippen LogP contribution in [-0.4, -0.2) is 83.0 Å². The van der Waals surface area contributed by atoms with Crippen LogP contribution in [0.3, 0.4) is 0 Å². The lowest BCUT2D eigenvalue weighted by atomic mass is 9.85. The van der Waals surface area contributed by atoms with E-state index in [9.17, 15) is 18.0 Å². The number of pyridine rings is 2. The van der Waals surface area contributed by atoms with Gasteiger partial charge in [-0.25, -0.2) is 18.4 Å². The average molecular weight is 761 g/mol. The molecule has 13 nitrogen and oxygen atoms in total. The van der Waals surface area contributed by atoms with Crippen LogP contribution in [0.25, 0.3) is 16.7 Å². The van der Waals surface area contributed by atoms with Gasteiger partial charge in [-0.3, -0.25) is 18.9 Å². The number of H-pyrrole nitrogens is 1. The number of carbonyl (C=O) groups is 2. The molecule has 8 rings (SSSR count). The number of carbonyl (C=O) groups excluding carboxylic acids is 2. The van der Waals surface area contributed by atoms with Crippen molar-refractivity contribution < 1.29 is 22.7 Å². The Bertz CT molecular complexity index is 2440. The lowest BCUT2D eigenvalue weighted by Gasteiger charge is -2.36. The number of piperazine rings is 1. The van der Waals surface area contributed by atoms with E-state index in [0.717, 1.165) is 34.2 Å². The van der Waals surface area contributed by atoms with Crippen LogP contribution in [0.4, 0.5) is 17.2 Å². The van der Waals surface area contributed by atoms with E-state index in [1.165, 1.54) is 0 Å². The monoisotopic (exact) mass is 760 g/mol. The first-order valence-electron chi connectivity index (χ1n) is 18.2. The molecule has 0 radical (unpaired) electrons. The number of aromatic amines is 1. The summed E-state index contributed by atoms with van der Waals surface area (Å²) in [5, 5.41) is 4.21. The number of benzene rings is 2. The molecule has 0 aliphatic carbocycles. The van der Waals surface area contributed by atoms with Crippen LogP contribution in [-0.2, 0) is 15.6 Å². The van der Waals surface area contributed by atoms with E-state index in [0.29, 0.717) is 67.3 Å². The number of anilines is 3. The molecule has 1 fully saturated rings.